The van der Waals surface area contributed by atoms with Crippen LogP contribution in [0.3, 0.4) is 0 Å². The Morgan fingerprint density at radius 3 is 2.45 bits per heavy atom. The van der Waals surface area contributed by atoms with Gasteiger partial charge in [-0.3, -0.25) is 4.90 Å². The van der Waals surface area contributed by atoms with Crippen LogP contribution in [0.1, 0.15) is 13.3 Å². The van der Waals surface area contributed by atoms with Crippen LogP contribution in [-0.4, -0.2) is 36.7 Å². The molecular formula is C25H26ClNO2. The Morgan fingerprint density at radius 2 is 1.66 bits per heavy atom. The first kappa shape index (κ1) is 19.8. The molecule has 0 aromatic heterocycles. The molecular weight excluding hydrogens is 382 g/mol. The minimum absolute atomic E-state index is 0.180. The summed E-state index contributed by atoms with van der Waals surface area (Å²) in [7, 11) is 0. The van der Waals surface area contributed by atoms with Crippen LogP contribution in [0.2, 0.25) is 5.02 Å². The van der Waals surface area contributed by atoms with Crippen molar-refractivity contribution < 1.29 is 9.47 Å². The van der Waals surface area contributed by atoms with Crippen molar-refractivity contribution in [3.8, 4) is 22.6 Å². The predicted octanol–water partition coefficient (Wildman–Crippen LogP) is 5.93. The average molecular weight is 408 g/mol. The number of nitrogens with zero attached hydrogens (tertiary/aromatic N) is 1. The second kappa shape index (κ2) is 8.89. The lowest BCUT2D eigenvalue weighted by atomic mass is 10.1. The molecule has 0 spiro atoms. The van der Waals surface area contributed by atoms with Crippen molar-refractivity contribution in [2.24, 2.45) is 0 Å². The average Bonchev–Trinajstić information content (AvgIpc) is 3.11. The van der Waals surface area contributed by atoms with Crippen molar-refractivity contribution in [1.82, 2.24) is 4.90 Å². The Kier molecular flexibility index (Phi) is 6.08. The second-order valence-electron chi connectivity index (χ2n) is 7.77. The standard InChI is InChI=1S/C25H26ClNO2/c1-25(29-23-12-10-22(26)11-13-23)14-15-27(19-25)16-17-28-24-9-5-8-21(18-24)20-6-3-2-4-7-20/h2-13,18H,14-17,19H2,1H3. The lowest BCUT2D eigenvalue weighted by Crippen LogP contribution is -2.37. The van der Waals surface area contributed by atoms with Gasteiger partial charge in [0, 0.05) is 31.1 Å². The molecule has 0 N–H and O–H groups in total. The fraction of sp³-hybridized carbons (Fsp3) is 0.280. The van der Waals surface area contributed by atoms with Crippen molar-refractivity contribution in [1.29, 1.82) is 0 Å². The molecule has 3 aromatic rings. The van der Waals surface area contributed by atoms with Crippen molar-refractivity contribution in [3.05, 3.63) is 83.9 Å². The first-order chi connectivity index (χ1) is 14.1. The van der Waals surface area contributed by atoms with E-state index in [0.29, 0.717) is 6.61 Å². The Morgan fingerprint density at radius 1 is 0.897 bits per heavy atom. The van der Waals surface area contributed by atoms with Gasteiger partial charge in [-0.15, -0.1) is 0 Å². The fourth-order valence-electron chi connectivity index (χ4n) is 3.78. The summed E-state index contributed by atoms with van der Waals surface area (Å²) < 4.78 is 12.3. The number of benzene rings is 3. The summed E-state index contributed by atoms with van der Waals surface area (Å²) in [6.45, 7) is 5.62. The van der Waals surface area contributed by atoms with E-state index in [1.54, 1.807) is 0 Å². The molecule has 0 bridgehead atoms. The van der Waals surface area contributed by atoms with Crippen LogP contribution in [0.5, 0.6) is 11.5 Å². The topological polar surface area (TPSA) is 21.7 Å². The van der Waals surface area contributed by atoms with Gasteiger partial charge in [0.1, 0.15) is 23.7 Å². The predicted molar refractivity (Wildman–Crippen MR) is 119 cm³/mol. The molecule has 3 aromatic carbocycles. The summed E-state index contributed by atoms with van der Waals surface area (Å²) in [5, 5.41) is 0.726. The summed E-state index contributed by atoms with van der Waals surface area (Å²) in [4.78, 5) is 2.40. The maximum absolute atomic E-state index is 6.24. The molecule has 1 aliphatic rings. The Balaban J connectivity index is 1.28. The largest absolute Gasteiger partial charge is 0.492 e. The fourth-order valence-corrected chi connectivity index (χ4v) is 3.90. The maximum atomic E-state index is 6.24. The van der Waals surface area contributed by atoms with E-state index in [1.165, 1.54) is 11.1 Å². The third-order valence-corrected chi connectivity index (χ3v) is 5.56. The molecule has 1 saturated heterocycles. The number of hydrogen-bond acceptors (Lipinski definition) is 3. The van der Waals surface area contributed by atoms with Gasteiger partial charge in [0.25, 0.3) is 0 Å². The summed E-state index contributed by atoms with van der Waals surface area (Å²) >= 11 is 5.96. The van der Waals surface area contributed by atoms with Gasteiger partial charge >= 0.3 is 0 Å². The van der Waals surface area contributed by atoms with Crippen LogP contribution in [0, 0.1) is 0 Å². The van der Waals surface area contributed by atoms with E-state index in [0.717, 1.165) is 42.6 Å². The minimum atomic E-state index is -0.180. The van der Waals surface area contributed by atoms with E-state index >= 15 is 0 Å². The summed E-state index contributed by atoms with van der Waals surface area (Å²) in [5.74, 6) is 1.78. The highest BCUT2D eigenvalue weighted by Gasteiger charge is 2.35. The molecule has 3 nitrogen and oxygen atoms in total. The second-order valence-corrected chi connectivity index (χ2v) is 8.21. The monoisotopic (exact) mass is 407 g/mol. The van der Waals surface area contributed by atoms with Crippen molar-refractivity contribution in [3.63, 3.8) is 0 Å². The van der Waals surface area contributed by atoms with Gasteiger partial charge < -0.3 is 9.47 Å². The lowest BCUT2D eigenvalue weighted by Gasteiger charge is -2.26. The van der Waals surface area contributed by atoms with Gasteiger partial charge in [0.05, 0.1) is 0 Å². The quantitative estimate of drug-likeness (QED) is 0.484. The zero-order chi connectivity index (χ0) is 20.1. The molecule has 4 heteroatoms. The third kappa shape index (κ3) is 5.31. The van der Waals surface area contributed by atoms with Crippen LogP contribution < -0.4 is 9.47 Å². The molecule has 0 radical (unpaired) electrons. The van der Waals surface area contributed by atoms with Crippen molar-refractivity contribution in [2.75, 3.05) is 26.2 Å². The first-order valence-electron chi connectivity index (χ1n) is 10.0. The van der Waals surface area contributed by atoms with E-state index in [1.807, 2.05) is 42.5 Å². The maximum Gasteiger partial charge on any atom is 0.120 e. The van der Waals surface area contributed by atoms with E-state index in [2.05, 4.69) is 48.2 Å². The molecule has 1 unspecified atom stereocenters. The van der Waals surface area contributed by atoms with Crippen LogP contribution in [0.4, 0.5) is 0 Å². The Hall–Kier alpha value is -2.49. The van der Waals surface area contributed by atoms with Gasteiger partial charge in [-0.2, -0.15) is 0 Å². The number of hydrogen-bond donors (Lipinski definition) is 0. The van der Waals surface area contributed by atoms with Crippen LogP contribution in [0.15, 0.2) is 78.9 Å². The summed E-state index contributed by atoms with van der Waals surface area (Å²) in [6, 6.07) is 26.2. The van der Waals surface area contributed by atoms with Gasteiger partial charge in [-0.05, 0) is 54.4 Å². The Labute approximate surface area is 177 Å². The van der Waals surface area contributed by atoms with Gasteiger partial charge in [0.15, 0.2) is 0 Å². The van der Waals surface area contributed by atoms with Crippen LogP contribution in [0.25, 0.3) is 11.1 Å². The molecule has 0 amide bonds. The summed E-state index contributed by atoms with van der Waals surface area (Å²) in [6.07, 6.45) is 0.999. The molecule has 1 heterocycles. The highest BCUT2D eigenvalue weighted by atomic mass is 35.5. The van der Waals surface area contributed by atoms with E-state index in [-0.39, 0.29) is 5.60 Å². The van der Waals surface area contributed by atoms with E-state index < -0.39 is 0 Å². The SMILES string of the molecule is CC1(Oc2ccc(Cl)cc2)CCN(CCOc2cccc(-c3ccccc3)c2)C1. The highest BCUT2D eigenvalue weighted by Crippen LogP contribution is 2.28. The molecule has 1 aliphatic heterocycles. The smallest absolute Gasteiger partial charge is 0.120 e. The molecule has 4 rings (SSSR count). The van der Waals surface area contributed by atoms with Crippen molar-refractivity contribution in [2.45, 2.75) is 18.9 Å². The van der Waals surface area contributed by atoms with Gasteiger partial charge in [-0.1, -0.05) is 54.1 Å². The molecule has 1 atom stereocenters. The zero-order valence-corrected chi connectivity index (χ0v) is 17.4. The van der Waals surface area contributed by atoms with Gasteiger partial charge in [-0.25, -0.2) is 0 Å². The normalized spacial score (nSPS) is 19.2. The third-order valence-electron chi connectivity index (χ3n) is 5.31. The van der Waals surface area contributed by atoms with Crippen LogP contribution in [-0.2, 0) is 0 Å². The zero-order valence-electron chi connectivity index (χ0n) is 16.7. The Bertz CT molecular complexity index is 929. The highest BCUT2D eigenvalue weighted by molar-refractivity contribution is 6.30. The number of likely N-dealkylation sites (tertiary alicyclic amines) is 1. The summed E-state index contributed by atoms with van der Waals surface area (Å²) in [5.41, 5.74) is 2.20. The molecule has 29 heavy (non-hydrogen) atoms. The number of ether oxygens (including phenoxy) is 2. The molecule has 0 aliphatic carbocycles. The van der Waals surface area contributed by atoms with Crippen molar-refractivity contribution >= 4 is 11.6 Å². The number of rotatable bonds is 7. The van der Waals surface area contributed by atoms with E-state index in [9.17, 15) is 0 Å². The lowest BCUT2D eigenvalue weighted by molar-refractivity contribution is 0.0935. The number of halogens is 1. The molecule has 150 valence electrons. The first-order valence-corrected chi connectivity index (χ1v) is 10.4. The molecule has 1 fully saturated rings. The molecule has 0 saturated carbocycles. The van der Waals surface area contributed by atoms with E-state index in [4.69, 9.17) is 21.1 Å². The van der Waals surface area contributed by atoms with Gasteiger partial charge in [0.2, 0.25) is 0 Å². The van der Waals surface area contributed by atoms with Crippen LogP contribution >= 0.6 is 11.6 Å². The minimum Gasteiger partial charge on any atom is -0.492 e.